The van der Waals surface area contributed by atoms with Gasteiger partial charge in [0.2, 0.25) is 0 Å². The van der Waals surface area contributed by atoms with E-state index >= 15 is 0 Å². The minimum atomic E-state index is 0.491. The molecule has 0 aliphatic carbocycles. The van der Waals surface area contributed by atoms with Gasteiger partial charge in [-0.2, -0.15) is 0 Å². The van der Waals surface area contributed by atoms with Crippen LogP contribution in [-0.2, 0) is 0 Å². The molecule has 2 N–H and O–H groups in total. The highest BCUT2D eigenvalue weighted by Gasteiger charge is 2.05. The van der Waals surface area contributed by atoms with Crippen LogP contribution in [0.15, 0.2) is 16.7 Å². The zero-order valence-electron chi connectivity index (χ0n) is 8.00. The van der Waals surface area contributed by atoms with Crippen LogP contribution in [0, 0.1) is 0 Å². The minimum absolute atomic E-state index is 0.491. The molecule has 14 heavy (non-hydrogen) atoms. The molecule has 0 bridgehead atoms. The summed E-state index contributed by atoms with van der Waals surface area (Å²) in [6.45, 7) is 1.19. The molecule has 0 spiro atoms. The van der Waals surface area contributed by atoms with Crippen molar-refractivity contribution in [3.05, 3.63) is 16.7 Å². The third kappa shape index (κ3) is 3.16. The normalized spacial score (nSPS) is 9.93. The van der Waals surface area contributed by atoms with Crippen LogP contribution in [-0.4, -0.2) is 25.2 Å². The number of aromatic nitrogens is 1. The van der Waals surface area contributed by atoms with Crippen molar-refractivity contribution in [3.63, 3.8) is 0 Å². The molecule has 0 aromatic carbocycles. The van der Waals surface area contributed by atoms with Crippen molar-refractivity contribution in [2.24, 2.45) is 5.73 Å². The molecule has 1 rings (SSSR count). The predicted molar refractivity (Wildman–Crippen MR) is 57.7 cm³/mol. The molecule has 0 atom stereocenters. The van der Waals surface area contributed by atoms with Crippen molar-refractivity contribution in [3.8, 4) is 11.6 Å². The van der Waals surface area contributed by atoms with Gasteiger partial charge in [-0.25, -0.2) is 4.98 Å². The number of nitrogens with zero attached hydrogens (tertiary/aromatic N) is 1. The molecule has 78 valence electrons. The number of ether oxygens (including phenoxy) is 2. The fraction of sp³-hybridized carbons (Fsp3) is 0.444. The summed E-state index contributed by atoms with van der Waals surface area (Å²) < 4.78 is 11.4. The maximum atomic E-state index is 5.45. The van der Waals surface area contributed by atoms with E-state index in [1.165, 1.54) is 0 Å². The lowest BCUT2D eigenvalue weighted by molar-refractivity contribution is 0.285. The van der Waals surface area contributed by atoms with Crippen LogP contribution >= 0.6 is 15.9 Å². The molecule has 0 unspecified atom stereocenters. The van der Waals surface area contributed by atoms with Crippen molar-refractivity contribution in [2.75, 3.05) is 20.3 Å². The molecule has 0 aliphatic heterocycles. The predicted octanol–water partition coefficient (Wildman–Crippen LogP) is 1.58. The van der Waals surface area contributed by atoms with Crippen molar-refractivity contribution in [1.82, 2.24) is 4.98 Å². The summed E-state index contributed by atoms with van der Waals surface area (Å²) in [6.07, 6.45) is 2.48. The van der Waals surface area contributed by atoms with Crippen molar-refractivity contribution < 1.29 is 9.47 Å². The Morgan fingerprint density at radius 1 is 1.57 bits per heavy atom. The molecule has 4 nitrogen and oxygen atoms in total. The number of methoxy groups -OCH3 is 1. The first-order chi connectivity index (χ1) is 6.77. The van der Waals surface area contributed by atoms with Gasteiger partial charge in [0, 0.05) is 16.7 Å². The van der Waals surface area contributed by atoms with Gasteiger partial charge in [0.25, 0.3) is 5.88 Å². The Balaban J connectivity index is 2.67. The summed E-state index contributed by atoms with van der Waals surface area (Å²) in [6, 6.07) is 1.82. The largest absolute Gasteiger partial charge is 0.488 e. The first kappa shape index (κ1) is 11.3. The van der Waals surface area contributed by atoms with E-state index in [1.54, 1.807) is 13.3 Å². The second-order valence-corrected chi connectivity index (χ2v) is 3.57. The molecule has 0 fully saturated rings. The van der Waals surface area contributed by atoms with Gasteiger partial charge in [0.1, 0.15) is 0 Å². The summed E-state index contributed by atoms with van der Waals surface area (Å²) in [4.78, 5) is 4.05. The molecular weight excluding hydrogens is 248 g/mol. The highest BCUT2D eigenvalue weighted by atomic mass is 79.9. The van der Waals surface area contributed by atoms with Gasteiger partial charge in [0.05, 0.1) is 13.7 Å². The van der Waals surface area contributed by atoms with Crippen LogP contribution < -0.4 is 15.2 Å². The molecule has 0 aliphatic rings. The molecule has 0 saturated carbocycles. The Bertz CT molecular complexity index is 294. The van der Waals surface area contributed by atoms with Crippen LogP contribution in [0.2, 0.25) is 0 Å². The number of rotatable bonds is 5. The Hall–Kier alpha value is -0.810. The first-order valence-corrected chi connectivity index (χ1v) is 5.09. The fourth-order valence-electron chi connectivity index (χ4n) is 0.930. The number of pyridine rings is 1. The molecule has 5 heteroatoms. The lowest BCUT2D eigenvalue weighted by atomic mass is 10.4. The molecule has 0 radical (unpaired) electrons. The van der Waals surface area contributed by atoms with E-state index in [1.807, 2.05) is 6.07 Å². The molecule has 1 aromatic heterocycles. The van der Waals surface area contributed by atoms with E-state index < -0.39 is 0 Å². The van der Waals surface area contributed by atoms with E-state index in [0.717, 1.165) is 10.9 Å². The fourth-order valence-corrected chi connectivity index (χ4v) is 1.24. The average Bonchev–Trinajstić information content (AvgIpc) is 2.19. The van der Waals surface area contributed by atoms with E-state index in [2.05, 4.69) is 20.9 Å². The maximum Gasteiger partial charge on any atom is 0.256 e. The first-order valence-electron chi connectivity index (χ1n) is 4.30. The minimum Gasteiger partial charge on any atom is -0.488 e. The van der Waals surface area contributed by atoms with Gasteiger partial charge in [0.15, 0.2) is 5.75 Å². The van der Waals surface area contributed by atoms with Crippen LogP contribution in [0.3, 0.4) is 0 Å². The van der Waals surface area contributed by atoms with E-state index in [-0.39, 0.29) is 0 Å². The van der Waals surface area contributed by atoms with Gasteiger partial charge >= 0.3 is 0 Å². The van der Waals surface area contributed by atoms with Gasteiger partial charge in [-0.3, -0.25) is 0 Å². The van der Waals surface area contributed by atoms with Crippen LogP contribution in [0.1, 0.15) is 6.42 Å². The number of halogens is 1. The summed E-state index contributed by atoms with van der Waals surface area (Å²) in [7, 11) is 1.56. The summed E-state index contributed by atoms with van der Waals surface area (Å²) in [5.41, 5.74) is 5.36. The van der Waals surface area contributed by atoms with E-state index in [9.17, 15) is 0 Å². The molecule has 0 amide bonds. The smallest absolute Gasteiger partial charge is 0.256 e. The number of nitrogens with two attached hydrogens (primary N) is 1. The van der Waals surface area contributed by atoms with Gasteiger partial charge in [-0.1, -0.05) is 0 Å². The van der Waals surface area contributed by atoms with Gasteiger partial charge in [-0.05, 0) is 28.9 Å². The summed E-state index contributed by atoms with van der Waals surface area (Å²) in [5, 5.41) is 0. The second kappa shape index (κ2) is 5.82. The Kier molecular flexibility index (Phi) is 4.69. The Morgan fingerprint density at radius 3 is 3.00 bits per heavy atom. The van der Waals surface area contributed by atoms with Gasteiger partial charge in [-0.15, -0.1) is 0 Å². The molecule has 1 aromatic rings. The van der Waals surface area contributed by atoms with Crippen LogP contribution in [0.25, 0.3) is 0 Å². The zero-order chi connectivity index (χ0) is 10.4. The molecular formula is C9H13BrN2O2. The summed E-state index contributed by atoms with van der Waals surface area (Å²) in [5.74, 6) is 1.13. The van der Waals surface area contributed by atoms with Gasteiger partial charge < -0.3 is 15.2 Å². The highest BCUT2D eigenvalue weighted by Crippen LogP contribution is 2.27. The lowest BCUT2D eigenvalue weighted by Crippen LogP contribution is -2.07. The zero-order valence-corrected chi connectivity index (χ0v) is 9.58. The standard InChI is InChI=1S/C9H13BrN2O2/c1-13-9-8(14-4-2-3-11)5-7(10)6-12-9/h5-6H,2-4,11H2,1H3. The third-order valence-electron chi connectivity index (χ3n) is 1.58. The number of hydrogen-bond donors (Lipinski definition) is 1. The van der Waals surface area contributed by atoms with Crippen molar-refractivity contribution in [1.29, 1.82) is 0 Å². The summed E-state index contributed by atoms with van der Waals surface area (Å²) >= 11 is 3.31. The SMILES string of the molecule is COc1ncc(Br)cc1OCCCN. The Labute approximate surface area is 91.5 Å². The van der Waals surface area contributed by atoms with E-state index in [4.69, 9.17) is 15.2 Å². The van der Waals surface area contributed by atoms with Crippen molar-refractivity contribution >= 4 is 15.9 Å². The molecule has 0 saturated heterocycles. The molecule has 1 heterocycles. The van der Waals surface area contributed by atoms with Crippen molar-refractivity contribution in [2.45, 2.75) is 6.42 Å². The maximum absolute atomic E-state index is 5.45. The third-order valence-corrected chi connectivity index (χ3v) is 2.02. The second-order valence-electron chi connectivity index (χ2n) is 2.65. The Morgan fingerprint density at radius 2 is 2.36 bits per heavy atom. The highest BCUT2D eigenvalue weighted by molar-refractivity contribution is 9.10. The van der Waals surface area contributed by atoms with Crippen LogP contribution in [0.4, 0.5) is 0 Å². The lowest BCUT2D eigenvalue weighted by Gasteiger charge is -2.08. The average molecular weight is 261 g/mol. The van der Waals surface area contributed by atoms with Crippen LogP contribution in [0.5, 0.6) is 11.6 Å². The quantitative estimate of drug-likeness (QED) is 0.817. The number of hydrogen-bond acceptors (Lipinski definition) is 4. The van der Waals surface area contributed by atoms with E-state index in [0.29, 0.717) is 24.8 Å². The topological polar surface area (TPSA) is 57.4 Å². The monoisotopic (exact) mass is 260 g/mol.